The van der Waals surface area contributed by atoms with Crippen LogP contribution in [-0.4, -0.2) is 46.4 Å². The molecule has 3 rings (SSSR count). The fourth-order valence-corrected chi connectivity index (χ4v) is 2.92. The summed E-state index contributed by atoms with van der Waals surface area (Å²) in [6.07, 6.45) is 3.17. The minimum atomic E-state index is -0.226. The van der Waals surface area contributed by atoms with E-state index in [0.717, 1.165) is 18.4 Å². The molecule has 0 aliphatic carbocycles. The molecule has 1 unspecified atom stereocenters. The Morgan fingerprint density at radius 1 is 1.45 bits per heavy atom. The normalized spacial score (nSPS) is 18.4. The standard InChI is InChI=1S/C16H19N3O3/c1-2-22-16(21)11-5-4-8-19(9-11)15(20)12-6-3-7-13-14(12)18-10-17-13/h3,6-7,10-11H,2,4-5,8-9H2,1H3,(H,17,18). The summed E-state index contributed by atoms with van der Waals surface area (Å²) in [5.74, 6) is -0.513. The first-order valence-electron chi connectivity index (χ1n) is 7.58. The number of para-hydroxylation sites is 1. The Kier molecular flexibility index (Phi) is 4.09. The molecular weight excluding hydrogens is 282 g/mol. The average Bonchev–Trinajstić information content (AvgIpc) is 3.03. The number of esters is 1. The molecule has 0 bridgehead atoms. The lowest BCUT2D eigenvalue weighted by Gasteiger charge is -2.31. The van der Waals surface area contributed by atoms with Gasteiger partial charge in [-0.15, -0.1) is 0 Å². The second-order valence-electron chi connectivity index (χ2n) is 5.45. The maximum Gasteiger partial charge on any atom is 0.310 e. The van der Waals surface area contributed by atoms with Crippen molar-refractivity contribution in [3.05, 3.63) is 30.1 Å². The van der Waals surface area contributed by atoms with E-state index in [0.29, 0.717) is 30.8 Å². The van der Waals surface area contributed by atoms with Gasteiger partial charge in [0.25, 0.3) is 5.91 Å². The number of carbonyl (C=O) groups excluding carboxylic acids is 2. The van der Waals surface area contributed by atoms with Crippen LogP contribution in [0.25, 0.3) is 11.0 Å². The number of hydrogen-bond acceptors (Lipinski definition) is 4. The number of aromatic amines is 1. The molecule has 1 aliphatic rings. The van der Waals surface area contributed by atoms with E-state index in [-0.39, 0.29) is 17.8 Å². The van der Waals surface area contributed by atoms with Crippen molar-refractivity contribution in [1.29, 1.82) is 0 Å². The first-order valence-corrected chi connectivity index (χ1v) is 7.58. The Labute approximate surface area is 128 Å². The van der Waals surface area contributed by atoms with Gasteiger partial charge in [-0.3, -0.25) is 9.59 Å². The van der Waals surface area contributed by atoms with Crippen LogP contribution in [0.2, 0.25) is 0 Å². The molecule has 1 aliphatic heterocycles. The fourth-order valence-electron chi connectivity index (χ4n) is 2.92. The van der Waals surface area contributed by atoms with Crippen molar-refractivity contribution in [1.82, 2.24) is 14.9 Å². The van der Waals surface area contributed by atoms with Gasteiger partial charge < -0.3 is 14.6 Å². The van der Waals surface area contributed by atoms with Gasteiger partial charge in [-0.05, 0) is 31.9 Å². The Balaban J connectivity index is 1.80. The molecule has 2 heterocycles. The molecule has 22 heavy (non-hydrogen) atoms. The first-order chi connectivity index (χ1) is 10.7. The number of amides is 1. The summed E-state index contributed by atoms with van der Waals surface area (Å²) >= 11 is 0. The topological polar surface area (TPSA) is 75.3 Å². The van der Waals surface area contributed by atoms with E-state index >= 15 is 0 Å². The molecule has 6 heteroatoms. The monoisotopic (exact) mass is 301 g/mol. The Bertz CT molecular complexity index is 695. The number of aromatic nitrogens is 2. The summed E-state index contributed by atoms with van der Waals surface area (Å²) in [4.78, 5) is 33.6. The number of nitrogens with one attached hydrogen (secondary N) is 1. The minimum Gasteiger partial charge on any atom is -0.466 e. The van der Waals surface area contributed by atoms with Gasteiger partial charge in [0.05, 0.1) is 29.9 Å². The minimum absolute atomic E-state index is 0.0771. The van der Waals surface area contributed by atoms with Crippen LogP contribution in [0, 0.1) is 5.92 Å². The third-order valence-electron chi connectivity index (χ3n) is 4.01. The molecule has 0 spiro atoms. The number of nitrogens with zero attached hydrogens (tertiary/aromatic N) is 2. The second-order valence-corrected chi connectivity index (χ2v) is 5.45. The van der Waals surface area contributed by atoms with Crippen LogP contribution in [0.4, 0.5) is 0 Å². The van der Waals surface area contributed by atoms with Crippen molar-refractivity contribution < 1.29 is 14.3 Å². The van der Waals surface area contributed by atoms with Crippen LogP contribution in [0.1, 0.15) is 30.1 Å². The summed E-state index contributed by atoms with van der Waals surface area (Å²) in [5.41, 5.74) is 2.08. The van der Waals surface area contributed by atoms with Crippen molar-refractivity contribution in [2.45, 2.75) is 19.8 Å². The lowest BCUT2D eigenvalue weighted by molar-refractivity contribution is -0.149. The van der Waals surface area contributed by atoms with Gasteiger partial charge in [0.15, 0.2) is 0 Å². The predicted octanol–water partition coefficient (Wildman–Crippen LogP) is 1.98. The second kappa shape index (κ2) is 6.17. The fraction of sp³-hybridized carbons (Fsp3) is 0.438. The third kappa shape index (κ3) is 2.68. The van der Waals surface area contributed by atoms with E-state index < -0.39 is 0 Å². The van der Waals surface area contributed by atoms with Crippen LogP contribution in [0.15, 0.2) is 24.5 Å². The summed E-state index contributed by atoms with van der Waals surface area (Å²) in [6.45, 7) is 3.24. The largest absolute Gasteiger partial charge is 0.466 e. The lowest BCUT2D eigenvalue weighted by atomic mass is 9.97. The van der Waals surface area contributed by atoms with Crippen molar-refractivity contribution >= 4 is 22.9 Å². The Morgan fingerprint density at radius 3 is 3.14 bits per heavy atom. The number of likely N-dealkylation sites (tertiary alicyclic amines) is 1. The van der Waals surface area contributed by atoms with Crippen LogP contribution < -0.4 is 0 Å². The Hall–Kier alpha value is -2.37. The van der Waals surface area contributed by atoms with E-state index in [4.69, 9.17) is 4.74 Å². The number of imidazole rings is 1. The number of ether oxygens (including phenoxy) is 1. The van der Waals surface area contributed by atoms with Gasteiger partial charge in [-0.1, -0.05) is 6.07 Å². The molecule has 1 saturated heterocycles. The summed E-state index contributed by atoms with van der Waals surface area (Å²) < 4.78 is 5.08. The van der Waals surface area contributed by atoms with Crippen LogP contribution in [0.3, 0.4) is 0 Å². The van der Waals surface area contributed by atoms with E-state index in [9.17, 15) is 9.59 Å². The van der Waals surface area contributed by atoms with E-state index in [1.165, 1.54) is 0 Å². The number of hydrogen-bond donors (Lipinski definition) is 1. The number of piperidine rings is 1. The third-order valence-corrected chi connectivity index (χ3v) is 4.01. The predicted molar refractivity (Wildman–Crippen MR) is 81.4 cm³/mol. The van der Waals surface area contributed by atoms with E-state index in [2.05, 4.69) is 9.97 Å². The van der Waals surface area contributed by atoms with Crippen LogP contribution >= 0.6 is 0 Å². The summed E-state index contributed by atoms with van der Waals surface area (Å²) in [5, 5.41) is 0. The zero-order valence-electron chi connectivity index (χ0n) is 12.5. The molecule has 1 atom stereocenters. The van der Waals surface area contributed by atoms with Crippen LogP contribution in [-0.2, 0) is 9.53 Å². The van der Waals surface area contributed by atoms with E-state index in [1.54, 1.807) is 24.2 Å². The van der Waals surface area contributed by atoms with Gasteiger partial charge in [0.2, 0.25) is 0 Å². The average molecular weight is 301 g/mol. The Morgan fingerprint density at radius 2 is 2.32 bits per heavy atom. The number of rotatable bonds is 3. The molecule has 1 N–H and O–H groups in total. The molecule has 1 aromatic carbocycles. The molecule has 0 saturated carbocycles. The summed E-state index contributed by atoms with van der Waals surface area (Å²) in [6, 6.07) is 5.50. The van der Waals surface area contributed by atoms with Crippen molar-refractivity contribution in [2.75, 3.05) is 19.7 Å². The molecule has 1 aromatic heterocycles. The first kappa shape index (κ1) is 14.6. The number of benzene rings is 1. The molecule has 6 nitrogen and oxygen atoms in total. The van der Waals surface area contributed by atoms with Crippen LogP contribution in [0.5, 0.6) is 0 Å². The van der Waals surface area contributed by atoms with Gasteiger partial charge in [-0.25, -0.2) is 4.98 Å². The number of fused-ring (bicyclic) bond motifs is 1. The van der Waals surface area contributed by atoms with Crippen molar-refractivity contribution in [3.8, 4) is 0 Å². The van der Waals surface area contributed by atoms with E-state index in [1.807, 2.05) is 12.1 Å². The number of carbonyl (C=O) groups is 2. The molecule has 1 fully saturated rings. The quantitative estimate of drug-likeness (QED) is 0.880. The lowest BCUT2D eigenvalue weighted by Crippen LogP contribution is -2.42. The molecule has 0 radical (unpaired) electrons. The van der Waals surface area contributed by atoms with Gasteiger partial charge in [0, 0.05) is 13.1 Å². The highest BCUT2D eigenvalue weighted by Gasteiger charge is 2.30. The van der Waals surface area contributed by atoms with Gasteiger partial charge >= 0.3 is 5.97 Å². The zero-order chi connectivity index (χ0) is 15.5. The van der Waals surface area contributed by atoms with Crippen molar-refractivity contribution in [3.63, 3.8) is 0 Å². The highest BCUT2D eigenvalue weighted by Crippen LogP contribution is 2.22. The summed E-state index contributed by atoms with van der Waals surface area (Å²) in [7, 11) is 0. The number of H-pyrrole nitrogens is 1. The maximum absolute atomic E-state index is 12.8. The SMILES string of the molecule is CCOC(=O)C1CCCN(C(=O)c2cccc3[nH]cnc23)C1. The molecule has 1 amide bonds. The van der Waals surface area contributed by atoms with Gasteiger partial charge in [0.1, 0.15) is 5.52 Å². The highest BCUT2D eigenvalue weighted by atomic mass is 16.5. The molecule has 2 aromatic rings. The maximum atomic E-state index is 12.8. The highest BCUT2D eigenvalue weighted by molar-refractivity contribution is 6.04. The molecular formula is C16H19N3O3. The smallest absolute Gasteiger partial charge is 0.310 e. The zero-order valence-corrected chi connectivity index (χ0v) is 12.5. The van der Waals surface area contributed by atoms with Crippen molar-refractivity contribution in [2.24, 2.45) is 5.92 Å². The molecule has 116 valence electrons. The van der Waals surface area contributed by atoms with Gasteiger partial charge in [-0.2, -0.15) is 0 Å².